The number of carbonyl (C=O) groups excluding carboxylic acids is 1. The Morgan fingerprint density at radius 3 is 2.64 bits per heavy atom. The summed E-state index contributed by atoms with van der Waals surface area (Å²) < 4.78 is 11.5. The van der Waals surface area contributed by atoms with Gasteiger partial charge in [0.1, 0.15) is 18.2 Å². The molecule has 36 heavy (non-hydrogen) atoms. The van der Waals surface area contributed by atoms with Gasteiger partial charge in [0.25, 0.3) is 11.6 Å². The topological polar surface area (TPSA) is 114 Å². The van der Waals surface area contributed by atoms with Crippen LogP contribution in [0.3, 0.4) is 0 Å². The molecule has 3 rings (SSSR count). The van der Waals surface area contributed by atoms with Crippen molar-refractivity contribution >= 4 is 46.6 Å². The number of non-ortho nitro benzene ring substituents is 1. The monoisotopic (exact) mass is 525 g/mol. The first-order chi connectivity index (χ1) is 17.2. The Balaban J connectivity index is 1.86. The Hall–Kier alpha value is -4.06. The molecule has 3 aromatic rings. The zero-order valence-electron chi connectivity index (χ0n) is 19.4. The minimum atomic E-state index is -0.608. The fourth-order valence-electron chi connectivity index (χ4n) is 3.22. The molecule has 8 nitrogen and oxygen atoms in total. The first-order valence-electron chi connectivity index (χ1n) is 10.7. The second kappa shape index (κ2) is 12.1. The molecule has 184 valence electrons. The lowest BCUT2D eigenvalue weighted by atomic mass is 10.1. The van der Waals surface area contributed by atoms with Crippen molar-refractivity contribution in [1.82, 2.24) is 0 Å². The summed E-state index contributed by atoms with van der Waals surface area (Å²) >= 11 is 12.5. The Labute approximate surface area is 217 Å². The van der Waals surface area contributed by atoms with Gasteiger partial charge < -0.3 is 14.8 Å². The molecule has 1 N–H and O–H groups in total. The minimum absolute atomic E-state index is 0.0154. The van der Waals surface area contributed by atoms with Crippen molar-refractivity contribution in [3.05, 3.63) is 97.0 Å². The SMILES string of the molecule is CCOc1cc(/C=C(\C#N)C(=O)Nc2cc(Cl)ccc2C)cc(Cl)c1OCc1cccc([N+](=O)[O-])c1. The Kier molecular flexibility index (Phi) is 8.90. The standard InChI is InChI=1S/C26H21Cl2N3O5/c1-3-35-24-12-18(9-19(14-29)26(32)30-23-13-20(27)8-7-16(23)2)11-22(28)25(24)36-15-17-5-4-6-21(10-17)31(33)34/h4-13H,3,15H2,1-2H3,(H,30,32)/b19-9+. The summed E-state index contributed by atoms with van der Waals surface area (Å²) in [6.45, 7) is 3.91. The van der Waals surface area contributed by atoms with Crippen LogP contribution in [0.4, 0.5) is 11.4 Å². The van der Waals surface area contributed by atoms with Crippen molar-refractivity contribution < 1.29 is 19.2 Å². The highest BCUT2D eigenvalue weighted by Crippen LogP contribution is 2.38. The van der Waals surface area contributed by atoms with Crippen LogP contribution in [0, 0.1) is 28.4 Å². The number of rotatable bonds is 9. The van der Waals surface area contributed by atoms with Crippen molar-refractivity contribution in [3.63, 3.8) is 0 Å². The van der Waals surface area contributed by atoms with Gasteiger partial charge in [-0.1, -0.05) is 41.4 Å². The third-order valence-electron chi connectivity index (χ3n) is 4.96. The highest BCUT2D eigenvalue weighted by Gasteiger charge is 2.16. The number of hydrogen-bond acceptors (Lipinski definition) is 6. The van der Waals surface area contributed by atoms with Crippen LogP contribution in [0.25, 0.3) is 6.08 Å². The molecular weight excluding hydrogens is 505 g/mol. The smallest absolute Gasteiger partial charge is 0.269 e. The van der Waals surface area contributed by atoms with Crippen LogP contribution in [-0.4, -0.2) is 17.4 Å². The predicted molar refractivity (Wildman–Crippen MR) is 138 cm³/mol. The van der Waals surface area contributed by atoms with Crippen molar-refractivity contribution in [2.75, 3.05) is 11.9 Å². The number of nitrogens with one attached hydrogen (secondary N) is 1. The number of nitro benzene ring substituents is 1. The summed E-state index contributed by atoms with van der Waals surface area (Å²) in [4.78, 5) is 23.3. The summed E-state index contributed by atoms with van der Waals surface area (Å²) in [6, 6.07) is 16.1. The van der Waals surface area contributed by atoms with Gasteiger partial charge in [-0.2, -0.15) is 5.26 Å². The van der Waals surface area contributed by atoms with E-state index < -0.39 is 10.8 Å². The number of ether oxygens (including phenoxy) is 2. The summed E-state index contributed by atoms with van der Waals surface area (Å²) in [6.07, 6.45) is 1.38. The number of anilines is 1. The molecule has 0 unspecified atom stereocenters. The van der Waals surface area contributed by atoms with Crippen LogP contribution in [0.5, 0.6) is 11.5 Å². The number of halogens is 2. The normalized spacial score (nSPS) is 10.9. The van der Waals surface area contributed by atoms with Crippen molar-refractivity contribution in [2.24, 2.45) is 0 Å². The van der Waals surface area contributed by atoms with Gasteiger partial charge in [-0.05, 0) is 60.9 Å². The third-order valence-corrected chi connectivity index (χ3v) is 5.48. The number of nitriles is 1. The van der Waals surface area contributed by atoms with Crippen molar-refractivity contribution in [2.45, 2.75) is 20.5 Å². The van der Waals surface area contributed by atoms with E-state index >= 15 is 0 Å². The average Bonchev–Trinajstić information content (AvgIpc) is 2.84. The molecule has 0 radical (unpaired) electrons. The van der Waals surface area contributed by atoms with Crippen molar-refractivity contribution in [1.29, 1.82) is 5.26 Å². The van der Waals surface area contributed by atoms with Crippen LogP contribution in [0.15, 0.2) is 60.2 Å². The molecule has 0 heterocycles. The molecule has 0 fully saturated rings. The molecule has 0 aliphatic heterocycles. The number of hydrogen-bond donors (Lipinski definition) is 1. The van der Waals surface area contributed by atoms with Gasteiger partial charge >= 0.3 is 0 Å². The van der Waals surface area contributed by atoms with Gasteiger partial charge in [-0.15, -0.1) is 0 Å². The number of amides is 1. The fraction of sp³-hybridized carbons (Fsp3) is 0.154. The Morgan fingerprint density at radius 1 is 1.17 bits per heavy atom. The largest absolute Gasteiger partial charge is 0.490 e. The molecule has 3 aromatic carbocycles. The second-order valence-electron chi connectivity index (χ2n) is 7.56. The van der Waals surface area contributed by atoms with Crippen LogP contribution in [-0.2, 0) is 11.4 Å². The number of benzene rings is 3. The average molecular weight is 526 g/mol. The molecule has 0 bridgehead atoms. The number of nitrogens with zero attached hydrogens (tertiary/aromatic N) is 2. The lowest BCUT2D eigenvalue weighted by Gasteiger charge is -2.15. The van der Waals surface area contributed by atoms with Crippen molar-refractivity contribution in [3.8, 4) is 17.6 Å². The van der Waals surface area contributed by atoms with E-state index in [1.54, 1.807) is 43.3 Å². The zero-order chi connectivity index (χ0) is 26.2. The van der Waals surface area contributed by atoms with E-state index in [-0.39, 0.29) is 28.6 Å². The van der Waals surface area contributed by atoms with E-state index in [9.17, 15) is 20.2 Å². The molecule has 0 aliphatic rings. The van der Waals surface area contributed by atoms with Crippen LogP contribution in [0.2, 0.25) is 10.0 Å². The lowest BCUT2D eigenvalue weighted by Crippen LogP contribution is -2.14. The number of nitro groups is 1. The maximum absolute atomic E-state index is 12.7. The molecule has 0 saturated carbocycles. The molecule has 0 atom stereocenters. The van der Waals surface area contributed by atoms with E-state index in [1.807, 2.05) is 13.0 Å². The third kappa shape index (κ3) is 6.75. The first kappa shape index (κ1) is 26.5. The van der Waals surface area contributed by atoms with Gasteiger partial charge in [0.05, 0.1) is 16.6 Å². The van der Waals surface area contributed by atoms with E-state index in [2.05, 4.69) is 5.32 Å². The quantitative estimate of drug-likeness (QED) is 0.143. The van der Waals surface area contributed by atoms with Crippen LogP contribution < -0.4 is 14.8 Å². The van der Waals surface area contributed by atoms with Gasteiger partial charge in [0.2, 0.25) is 0 Å². The summed E-state index contributed by atoms with van der Waals surface area (Å²) in [5.41, 5.74) is 2.09. The minimum Gasteiger partial charge on any atom is -0.490 e. The zero-order valence-corrected chi connectivity index (χ0v) is 20.9. The molecule has 0 spiro atoms. The van der Waals surface area contributed by atoms with E-state index in [4.69, 9.17) is 32.7 Å². The molecule has 1 amide bonds. The van der Waals surface area contributed by atoms with Crippen LogP contribution in [0.1, 0.15) is 23.6 Å². The van der Waals surface area contributed by atoms with Gasteiger partial charge in [0, 0.05) is 22.8 Å². The van der Waals surface area contributed by atoms with Crippen LogP contribution >= 0.6 is 23.2 Å². The highest BCUT2D eigenvalue weighted by molar-refractivity contribution is 6.32. The number of aryl methyl sites for hydroxylation is 1. The van der Waals surface area contributed by atoms with E-state index in [0.717, 1.165) is 5.56 Å². The molecule has 10 heteroatoms. The van der Waals surface area contributed by atoms with Gasteiger partial charge in [0.15, 0.2) is 11.5 Å². The molecule has 0 aromatic heterocycles. The first-order valence-corrected chi connectivity index (χ1v) is 11.5. The summed E-state index contributed by atoms with van der Waals surface area (Å²) in [7, 11) is 0. The molecule has 0 saturated heterocycles. The lowest BCUT2D eigenvalue weighted by molar-refractivity contribution is -0.384. The Morgan fingerprint density at radius 2 is 1.94 bits per heavy atom. The van der Waals surface area contributed by atoms with Gasteiger partial charge in [-0.25, -0.2) is 0 Å². The maximum atomic E-state index is 12.7. The fourth-order valence-corrected chi connectivity index (χ4v) is 3.67. The van der Waals surface area contributed by atoms with Gasteiger partial charge in [-0.3, -0.25) is 14.9 Å². The molecule has 0 aliphatic carbocycles. The maximum Gasteiger partial charge on any atom is 0.269 e. The Bertz CT molecular complexity index is 1380. The predicted octanol–water partition coefficient (Wildman–Crippen LogP) is 6.73. The summed E-state index contributed by atoms with van der Waals surface area (Å²) in [5, 5.41) is 23.9. The number of carbonyl (C=O) groups is 1. The van der Waals surface area contributed by atoms with E-state index in [1.165, 1.54) is 24.3 Å². The summed E-state index contributed by atoms with van der Waals surface area (Å²) in [5.74, 6) is -0.0762. The molecular formula is C26H21Cl2N3O5. The second-order valence-corrected chi connectivity index (χ2v) is 8.41. The highest BCUT2D eigenvalue weighted by atomic mass is 35.5. The van der Waals surface area contributed by atoms with E-state index in [0.29, 0.717) is 34.2 Å².